The van der Waals surface area contributed by atoms with Crippen LogP contribution in [0.1, 0.15) is 77.8 Å². The van der Waals surface area contributed by atoms with Crippen LogP contribution in [0.4, 0.5) is 4.39 Å². The summed E-state index contributed by atoms with van der Waals surface area (Å²) in [7, 11) is 0. The molecule has 5 nitrogen and oxygen atoms in total. The lowest BCUT2D eigenvalue weighted by atomic mass is 9.99. The van der Waals surface area contributed by atoms with E-state index in [1.165, 1.54) is 31.7 Å². The molecule has 2 amide bonds. The van der Waals surface area contributed by atoms with Crippen molar-refractivity contribution in [2.75, 3.05) is 13.1 Å². The second-order valence-electron chi connectivity index (χ2n) is 7.88. The summed E-state index contributed by atoms with van der Waals surface area (Å²) < 4.78 is 13.9. The average Bonchev–Trinajstić information content (AvgIpc) is 3.23. The highest BCUT2D eigenvalue weighted by molar-refractivity contribution is 6.09. The molecule has 0 radical (unpaired) electrons. The molecule has 2 fully saturated rings. The van der Waals surface area contributed by atoms with Crippen LogP contribution in [0.15, 0.2) is 12.1 Å². The standard InChI is InChI=1S/C20H26FN3O2/c1-12-16-10-13(21)11-17(19(22)25)18(16)20(26)24(12)15-6-8-23(9-7-15)14-4-2-3-5-14/h10-12,14-15H,2-9H2,1H3,(H2,22,25). The Balaban J connectivity index is 1.54. The predicted octanol–water partition coefficient (Wildman–Crippen LogP) is 2.85. The zero-order valence-electron chi connectivity index (χ0n) is 15.2. The van der Waals surface area contributed by atoms with Gasteiger partial charge in [0.2, 0.25) is 5.91 Å². The molecule has 1 atom stereocenters. The summed E-state index contributed by atoms with van der Waals surface area (Å²) in [5.74, 6) is -1.45. The highest BCUT2D eigenvalue weighted by atomic mass is 19.1. The van der Waals surface area contributed by atoms with Crippen molar-refractivity contribution in [3.63, 3.8) is 0 Å². The maximum Gasteiger partial charge on any atom is 0.255 e. The number of nitrogens with zero attached hydrogens (tertiary/aromatic N) is 2. The molecule has 1 saturated carbocycles. The van der Waals surface area contributed by atoms with E-state index in [0.717, 1.165) is 32.0 Å². The van der Waals surface area contributed by atoms with Gasteiger partial charge in [-0.1, -0.05) is 12.8 Å². The number of hydrogen-bond donors (Lipinski definition) is 1. The molecule has 1 aromatic carbocycles. The van der Waals surface area contributed by atoms with Crippen LogP contribution in [-0.4, -0.2) is 46.8 Å². The summed E-state index contributed by atoms with van der Waals surface area (Å²) in [6.45, 7) is 3.91. The van der Waals surface area contributed by atoms with E-state index in [1.807, 2.05) is 11.8 Å². The Morgan fingerprint density at radius 3 is 2.38 bits per heavy atom. The Morgan fingerprint density at radius 2 is 1.77 bits per heavy atom. The predicted molar refractivity (Wildman–Crippen MR) is 96.4 cm³/mol. The molecule has 1 saturated heterocycles. The first kappa shape index (κ1) is 17.5. The van der Waals surface area contributed by atoms with Crippen LogP contribution < -0.4 is 5.73 Å². The molecule has 0 aromatic heterocycles. The van der Waals surface area contributed by atoms with Gasteiger partial charge < -0.3 is 15.5 Å². The molecular formula is C20H26FN3O2. The molecule has 26 heavy (non-hydrogen) atoms. The number of benzene rings is 1. The minimum atomic E-state index is -0.751. The fourth-order valence-electron chi connectivity index (χ4n) is 5.13. The molecule has 3 aliphatic rings. The van der Waals surface area contributed by atoms with Gasteiger partial charge >= 0.3 is 0 Å². The number of rotatable bonds is 3. The first-order valence-corrected chi connectivity index (χ1v) is 9.67. The number of nitrogens with two attached hydrogens (primary N) is 1. The molecule has 1 unspecified atom stereocenters. The fourth-order valence-corrected chi connectivity index (χ4v) is 5.13. The van der Waals surface area contributed by atoms with Crippen molar-refractivity contribution in [3.05, 3.63) is 34.6 Å². The van der Waals surface area contributed by atoms with E-state index >= 15 is 0 Å². The largest absolute Gasteiger partial charge is 0.366 e. The van der Waals surface area contributed by atoms with Crippen molar-refractivity contribution in [1.82, 2.24) is 9.80 Å². The monoisotopic (exact) mass is 359 g/mol. The molecule has 1 aromatic rings. The van der Waals surface area contributed by atoms with E-state index in [1.54, 1.807) is 0 Å². The lowest BCUT2D eigenvalue weighted by molar-refractivity contribution is 0.0467. The van der Waals surface area contributed by atoms with Crippen LogP contribution in [0.25, 0.3) is 0 Å². The van der Waals surface area contributed by atoms with Gasteiger partial charge in [0.1, 0.15) is 5.82 Å². The summed E-state index contributed by atoms with van der Waals surface area (Å²) >= 11 is 0. The van der Waals surface area contributed by atoms with Gasteiger partial charge in [-0.3, -0.25) is 9.59 Å². The first-order chi connectivity index (χ1) is 12.5. The molecule has 2 N–H and O–H groups in total. The molecule has 140 valence electrons. The normalized spacial score (nSPS) is 25.1. The average molecular weight is 359 g/mol. The van der Waals surface area contributed by atoms with Crippen LogP contribution in [0.5, 0.6) is 0 Å². The molecule has 2 heterocycles. The molecule has 4 rings (SSSR count). The zero-order valence-corrected chi connectivity index (χ0v) is 15.2. The number of likely N-dealkylation sites (tertiary alicyclic amines) is 1. The Labute approximate surface area is 153 Å². The quantitative estimate of drug-likeness (QED) is 0.902. The fraction of sp³-hybridized carbons (Fsp3) is 0.600. The SMILES string of the molecule is CC1c2cc(F)cc(C(N)=O)c2C(=O)N1C1CCN(C2CCCC2)CC1. The van der Waals surface area contributed by atoms with E-state index in [0.29, 0.717) is 17.2 Å². The van der Waals surface area contributed by atoms with Crippen LogP contribution in [0.2, 0.25) is 0 Å². The maximum atomic E-state index is 13.9. The van der Waals surface area contributed by atoms with Crippen molar-refractivity contribution < 1.29 is 14.0 Å². The van der Waals surface area contributed by atoms with Crippen molar-refractivity contribution in [1.29, 1.82) is 0 Å². The number of fused-ring (bicyclic) bond motifs is 1. The molecular weight excluding hydrogens is 333 g/mol. The highest BCUT2D eigenvalue weighted by Gasteiger charge is 2.42. The van der Waals surface area contributed by atoms with Gasteiger partial charge in [0.15, 0.2) is 0 Å². The number of piperidine rings is 1. The third kappa shape index (κ3) is 2.80. The first-order valence-electron chi connectivity index (χ1n) is 9.67. The number of carbonyl (C=O) groups is 2. The lowest BCUT2D eigenvalue weighted by Crippen LogP contribution is -2.48. The Kier molecular flexibility index (Phi) is 4.47. The van der Waals surface area contributed by atoms with Gasteiger partial charge in [0.05, 0.1) is 17.2 Å². The van der Waals surface area contributed by atoms with E-state index in [9.17, 15) is 14.0 Å². The second-order valence-corrected chi connectivity index (χ2v) is 7.88. The zero-order chi connectivity index (χ0) is 18.4. The van der Waals surface area contributed by atoms with Crippen LogP contribution in [0.3, 0.4) is 0 Å². The number of hydrogen-bond acceptors (Lipinski definition) is 3. The molecule has 6 heteroatoms. The van der Waals surface area contributed by atoms with E-state index in [2.05, 4.69) is 4.90 Å². The van der Waals surface area contributed by atoms with Crippen molar-refractivity contribution in [3.8, 4) is 0 Å². The van der Waals surface area contributed by atoms with E-state index in [4.69, 9.17) is 5.73 Å². The summed E-state index contributed by atoms with van der Waals surface area (Å²) in [6, 6.07) is 3.06. The third-order valence-corrected chi connectivity index (χ3v) is 6.45. The number of carbonyl (C=O) groups excluding carboxylic acids is 2. The summed E-state index contributed by atoms with van der Waals surface area (Å²) in [5.41, 5.74) is 6.28. The lowest BCUT2D eigenvalue weighted by Gasteiger charge is -2.41. The Bertz CT molecular complexity index is 737. The Morgan fingerprint density at radius 1 is 1.12 bits per heavy atom. The minimum Gasteiger partial charge on any atom is -0.366 e. The van der Waals surface area contributed by atoms with E-state index < -0.39 is 11.7 Å². The molecule has 1 aliphatic carbocycles. The van der Waals surface area contributed by atoms with Crippen molar-refractivity contribution in [2.45, 2.75) is 63.6 Å². The molecule has 0 spiro atoms. The van der Waals surface area contributed by atoms with Crippen LogP contribution in [-0.2, 0) is 0 Å². The van der Waals surface area contributed by atoms with Crippen LogP contribution in [0, 0.1) is 5.82 Å². The van der Waals surface area contributed by atoms with Gasteiger partial charge in [0, 0.05) is 25.2 Å². The second kappa shape index (κ2) is 6.65. The summed E-state index contributed by atoms with van der Waals surface area (Å²) in [6.07, 6.45) is 7.07. The van der Waals surface area contributed by atoms with Gasteiger partial charge in [-0.25, -0.2) is 4.39 Å². The minimum absolute atomic E-state index is 0.00254. The smallest absolute Gasteiger partial charge is 0.255 e. The topological polar surface area (TPSA) is 66.6 Å². The number of amides is 2. The highest BCUT2D eigenvalue weighted by Crippen LogP contribution is 2.39. The van der Waals surface area contributed by atoms with Gasteiger partial charge in [-0.2, -0.15) is 0 Å². The van der Waals surface area contributed by atoms with E-state index in [-0.39, 0.29) is 23.6 Å². The number of primary amides is 1. The van der Waals surface area contributed by atoms with Gasteiger partial charge in [-0.15, -0.1) is 0 Å². The van der Waals surface area contributed by atoms with Gasteiger partial charge in [0.25, 0.3) is 5.91 Å². The molecule has 0 bridgehead atoms. The Hall–Kier alpha value is -1.95. The van der Waals surface area contributed by atoms with Gasteiger partial charge in [-0.05, 0) is 50.3 Å². The van der Waals surface area contributed by atoms with Crippen LogP contribution >= 0.6 is 0 Å². The molecule has 2 aliphatic heterocycles. The summed E-state index contributed by atoms with van der Waals surface area (Å²) in [5, 5.41) is 0. The van der Waals surface area contributed by atoms with Crippen molar-refractivity contribution >= 4 is 11.8 Å². The van der Waals surface area contributed by atoms with Crippen molar-refractivity contribution in [2.24, 2.45) is 5.73 Å². The summed E-state index contributed by atoms with van der Waals surface area (Å²) in [4.78, 5) is 29.2. The number of halogens is 1. The maximum absolute atomic E-state index is 13.9. The third-order valence-electron chi connectivity index (χ3n) is 6.45.